The number of fused-ring (bicyclic) bond motifs is 3. The molecular weight excluding hydrogens is 492 g/mol. The van der Waals surface area contributed by atoms with Gasteiger partial charge >= 0.3 is 0 Å². The van der Waals surface area contributed by atoms with Crippen LogP contribution < -0.4 is 5.32 Å². The number of hydrogen-bond donors (Lipinski definition) is 3. The lowest BCUT2D eigenvalue weighted by atomic mass is 9.79. The van der Waals surface area contributed by atoms with E-state index in [-0.39, 0.29) is 11.6 Å². The molecule has 5 heterocycles. The van der Waals surface area contributed by atoms with E-state index in [2.05, 4.69) is 35.7 Å². The SMILES string of the molecule is Cc1nc([C@]2(c3cnn(C)c3)N[C@@H](c3nc(-c4ccc(F)cc4)n[nH]3)Cc3c2[nH]c2ccc(F)cc32)no1. The highest BCUT2D eigenvalue weighted by atomic mass is 19.1. The molecule has 2 atom stereocenters. The third-order valence-corrected chi connectivity index (χ3v) is 6.98. The number of aromatic nitrogens is 8. The molecule has 0 unspecified atom stereocenters. The van der Waals surface area contributed by atoms with Crippen LogP contribution in [-0.4, -0.2) is 40.1 Å². The number of nitrogens with one attached hydrogen (secondary N) is 3. The van der Waals surface area contributed by atoms with Crippen molar-refractivity contribution in [1.82, 2.24) is 45.4 Å². The summed E-state index contributed by atoms with van der Waals surface area (Å²) in [7, 11) is 1.83. The van der Waals surface area contributed by atoms with Crippen LogP contribution in [0.2, 0.25) is 0 Å². The van der Waals surface area contributed by atoms with Gasteiger partial charge in [-0.25, -0.2) is 13.8 Å². The average Bonchev–Trinajstić information content (AvgIpc) is 3.71. The Morgan fingerprint density at radius 2 is 1.89 bits per heavy atom. The first-order valence-electron chi connectivity index (χ1n) is 12.0. The maximum Gasteiger partial charge on any atom is 0.223 e. The van der Waals surface area contributed by atoms with E-state index >= 15 is 0 Å². The van der Waals surface area contributed by atoms with E-state index in [1.165, 1.54) is 24.3 Å². The van der Waals surface area contributed by atoms with Gasteiger partial charge in [0.05, 0.1) is 17.9 Å². The highest BCUT2D eigenvalue weighted by Gasteiger charge is 2.50. The molecule has 0 saturated carbocycles. The van der Waals surface area contributed by atoms with Crippen molar-refractivity contribution in [2.24, 2.45) is 7.05 Å². The molecule has 10 nitrogen and oxygen atoms in total. The van der Waals surface area contributed by atoms with E-state index in [1.807, 2.05) is 13.2 Å². The van der Waals surface area contributed by atoms with Crippen molar-refractivity contribution in [1.29, 1.82) is 0 Å². The first-order valence-corrected chi connectivity index (χ1v) is 12.0. The van der Waals surface area contributed by atoms with E-state index in [9.17, 15) is 8.78 Å². The summed E-state index contributed by atoms with van der Waals surface area (Å²) in [6.45, 7) is 1.72. The van der Waals surface area contributed by atoms with Crippen LogP contribution in [0.4, 0.5) is 8.78 Å². The molecule has 4 aromatic heterocycles. The Morgan fingerprint density at radius 1 is 1.08 bits per heavy atom. The zero-order chi connectivity index (χ0) is 26.0. The van der Waals surface area contributed by atoms with E-state index in [4.69, 9.17) is 9.51 Å². The van der Waals surface area contributed by atoms with Crippen LogP contribution in [0.1, 0.15) is 40.4 Å². The number of benzene rings is 2. The van der Waals surface area contributed by atoms with Crippen molar-refractivity contribution < 1.29 is 13.3 Å². The molecule has 0 aliphatic carbocycles. The van der Waals surface area contributed by atoms with Crippen molar-refractivity contribution in [2.75, 3.05) is 0 Å². The van der Waals surface area contributed by atoms with E-state index in [1.54, 1.807) is 36.0 Å². The Bertz CT molecular complexity index is 1760. The molecule has 1 aliphatic heterocycles. The van der Waals surface area contributed by atoms with E-state index in [0.29, 0.717) is 35.3 Å². The molecule has 190 valence electrons. The van der Waals surface area contributed by atoms with E-state index in [0.717, 1.165) is 27.7 Å². The van der Waals surface area contributed by atoms with Gasteiger partial charge in [0.25, 0.3) is 0 Å². The number of rotatable bonds is 4. The van der Waals surface area contributed by atoms with Gasteiger partial charge in [0.1, 0.15) is 17.5 Å². The summed E-state index contributed by atoms with van der Waals surface area (Å²) in [6.07, 6.45) is 4.08. The Balaban J connectivity index is 1.45. The van der Waals surface area contributed by atoms with Gasteiger partial charge in [0.15, 0.2) is 11.4 Å². The average molecular weight is 514 g/mol. The smallest absolute Gasteiger partial charge is 0.223 e. The fourth-order valence-electron chi connectivity index (χ4n) is 5.26. The zero-order valence-electron chi connectivity index (χ0n) is 20.3. The van der Waals surface area contributed by atoms with Crippen molar-refractivity contribution in [2.45, 2.75) is 24.9 Å². The van der Waals surface area contributed by atoms with Crippen LogP contribution in [-0.2, 0) is 19.0 Å². The molecule has 12 heteroatoms. The molecule has 3 N–H and O–H groups in total. The van der Waals surface area contributed by atoms with Crippen molar-refractivity contribution >= 4 is 10.9 Å². The third kappa shape index (κ3) is 3.37. The monoisotopic (exact) mass is 513 g/mol. The van der Waals surface area contributed by atoms with Gasteiger partial charge in [-0.05, 0) is 54.4 Å². The first-order chi connectivity index (χ1) is 18.4. The number of aryl methyl sites for hydroxylation is 2. The van der Waals surface area contributed by atoms with Crippen LogP contribution in [0, 0.1) is 18.6 Å². The van der Waals surface area contributed by atoms with Crippen molar-refractivity contribution in [3.05, 3.63) is 101 Å². The molecule has 0 amide bonds. The summed E-state index contributed by atoms with van der Waals surface area (Å²) in [5.74, 6) is 1.08. The highest BCUT2D eigenvalue weighted by molar-refractivity contribution is 5.86. The summed E-state index contributed by atoms with van der Waals surface area (Å²) in [6, 6.07) is 10.2. The zero-order valence-corrected chi connectivity index (χ0v) is 20.3. The van der Waals surface area contributed by atoms with Crippen molar-refractivity contribution in [3.63, 3.8) is 0 Å². The fraction of sp³-hybridized carbons (Fsp3) is 0.192. The Labute approximate surface area is 214 Å². The molecule has 0 spiro atoms. The van der Waals surface area contributed by atoms with Gasteiger partial charge < -0.3 is 9.51 Å². The van der Waals surface area contributed by atoms with Gasteiger partial charge in [0.2, 0.25) is 11.7 Å². The molecule has 1 aliphatic rings. The normalized spacial score (nSPS) is 19.2. The van der Waals surface area contributed by atoms with Gasteiger partial charge in [0, 0.05) is 42.2 Å². The summed E-state index contributed by atoms with van der Waals surface area (Å²) in [5.41, 5.74) is 2.74. The maximum atomic E-state index is 14.4. The molecular formula is C26H21F2N9O. The number of aromatic amines is 2. The second kappa shape index (κ2) is 8.15. The third-order valence-electron chi connectivity index (χ3n) is 6.98. The lowest BCUT2D eigenvalue weighted by molar-refractivity contribution is 0.317. The molecule has 2 aromatic carbocycles. The van der Waals surface area contributed by atoms with Crippen LogP contribution in [0.5, 0.6) is 0 Å². The topological polar surface area (TPSA) is 126 Å². The van der Waals surface area contributed by atoms with Crippen LogP contribution in [0.25, 0.3) is 22.3 Å². The molecule has 0 bridgehead atoms. The van der Waals surface area contributed by atoms with E-state index < -0.39 is 11.6 Å². The summed E-state index contributed by atoms with van der Waals surface area (Å²) in [4.78, 5) is 12.8. The molecule has 0 fully saturated rings. The number of halogens is 2. The molecule has 38 heavy (non-hydrogen) atoms. The number of hydrogen-bond acceptors (Lipinski definition) is 7. The predicted octanol–water partition coefficient (Wildman–Crippen LogP) is 3.84. The molecule has 0 radical (unpaired) electrons. The van der Waals surface area contributed by atoms with Gasteiger partial charge in [-0.15, -0.1) is 0 Å². The second-order valence-corrected chi connectivity index (χ2v) is 9.41. The van der Waals surface area contributed by atoms with Gasteiger partial charge in [-0.3, -0.25) is 15.1 Å². The van der Waals surface area contributed by atoms with Gasteiger partial charge in [-0.1, -0.05) is 5.16 Å². The van der Waals surface area contributed by atoms with Crippen LogP contribution in [0.3, 0.4) is 0 Å². The second-order valence-electron chi connectivity index (χ2n) is 9.41. The Morgan fingerprint density at radius 3 is 2.63 bits per heavy atom. The first kappa shape index (κ1) is 22.5. The summed E-state index contributed by atoms with van der Waals surface area (Å²) in [5, 5.41) is 20.6. The maximum absolute atomic E-state index is 14.4. The predicted molar refractivity (Wildman–Crippen MR) is 132 cm³/mol. The fourth-order valence-corrected chi connectivity index (χ4v) is 5.26. The largest absolute Gasteiger partial charge is 0.356 e. The van der Waals surface area contributed by atoms with Crippen molar-refractivity contribution in [3.8, 4) is 11.4 Å². The Kier molecular flexibility index (Phi) is 4.82. The molecule has 6 aromatic rings. The standard InChI is InChI=1S/C26H21F2N9O/c1-13-30-25(36-38-13)26(15-11-29-37(2)12-15)22-19(18-9-17(28)7-8-20(18)31-22)10-21(33-26)24-32-23(34-35-24)14-3-5-16(27)6-4-14/h3-9,11-12,21,31,33H,10H2,1-2H3,(H,32,34,35)/t21-,26-/m1/s1. The van der Waals surface area contributed by atoms with Crippen LogP contribution in [0.15, 0.2) is 59.4 Å². The van der Waals surface area contributed by atoms with Crippen LogP contribution >= 0.6 is 0 Å². The number of nitrogens with zero attached hydrogens (tertiary/aromatic N) is 6. The highest BCUT2D eigenvalue weighted by Crippen LogP contribution is 2.45. The lowest BCUT2D eigenvalue weighted by Crippen LogP contribution is -2.51. The summed E-state index contributed by atoms with van der Waals surface area (Å²) >= 11 is 0. The molecule has 0 saturated heterocycles. The quantitative estimate of drug-likeness (QED) is 0.327. The minimum Gasteiger partial charge on any atom is -0.356 e. The number of H-pyrrole nitrogens is 2. The Hall–Kier alpha value is -4.71. The van der Waals surface area contributed by atoms with Gasteiger partial charge in [-0.2, -0.15) is 15.2 Å². The minimum absolute atomic E-state index is 0.338. The minimum atomic E-state index is -1.12. The lowest BCUT2D eigenvalue weighted by Gasteiger charge is -2.39. The summed E-state index contributed by atoms with van der Waals surface area (Å²) < 4.78 is 35.0. The molecule has 7 rings (SSSR count).